The molecule has 0 aromatic heterocycles. The molecule has 4 nitrogen and oxygen atoms in total. The number of cyclic esters (lactones) is 1. The molecule has 92 valence electrons. The second-order valence-corrected chi connectivity index (χ2v) is 4.18. The van der Waals surface area contributed by atoms with Gasteiger partial charge in [-0.1, -0.05) is 11.6 Å². The van der Waals surface area contributed by atoms with Crippen LogP contribution >= 0.6 is 0 Å². The molecule has 1 unspecified atom stereocenters. The number of hydrogen-bond acceptors (Lipinski definition) is 4. The van der Waals surface area contributed by atoms with Crippen molar-refractivity contribution in [3.63, 3.8) is 0 Å². The minimum Gasteiger partial charge on any atom is -0.501 e. The van der Waals surface area contributed by atoms with Crippen molar-refractivity contribution in [2.75, 3.05) is 13.7 Å². The van der Waals surface area contributed by atoms with Crippen molar-refractivity contribution in [3.8, 4) is 0 Å². The highest BCUT2D eigenvalue weighted by atomic mass is 16.5. The molecule has 0 aromatic rings. The van der Waals surface area contributed by atoms with Crippen molar-refractivity contribution < 1.29 is 14.3 Å². The van der Waals surface area contributed by atoms with Gasteiger partial charge in [-0.2, -0.15) is 0 Å². The Kier molecular flexibility index (Phi) is 3.85. The van der Waals surface area contributed by atoms with Gasteiger partial charge < -0.3 is 14.8 Å². The van der Waals surface area contributed by atoms with Crippen molar-refractivity contribution in [1.29, 1.82) is 0 Å². The van der Waals surface area contributed by atoms with E-state index in [1.54, 1.807) is 7.11 Å². The molecule has 17 heavy (non-hydrogen) atoms. The van der Waals surface area contributed by atoms with Gasteiger partial charge in [-0.05, 0) is 25.1 Å². The Morgan fingerprint density at radius 3 is 3.18 bits per heavy atom. The van der Waals surface area contributed by atoms with Crippen molar-refractivity contribution in [2.24, 2.45) is 0 Å². The topological polar surface area (TPSA) is 47.6 Å². The zero-order valence-electron chi connectivity index (χ0n) is 9.94. The summed E-state index contributed by atoms with van der Waals surface area (Å²) in [5, 5.41) is 3.16. The largest absolute Gasteiger partial charge is 0.501 e. The Hall–Kier alpha value is -1.71. The molecule has 0 spiro atoms. The molecule has 0 amide bonds. The molecule has 0 fully saturated rings. The van der Waals surface area contributed by atoms with Crippen molar-refractivity contribution >= 4 is 5.97 Å². The molecule has 1 atom stereocenters. The summed E-state index contributed by atoms with van der Waals surface area (Å²) in [5.41, 5.74) is 1.33. The number of ether oxygens (including phenoxy) is 2. The summed E-state index contributed by atoms with van der Waals surface area (Å²) >= 11 is 0. The van der Waals surface area contributed by atoms with Gasteiger partial charge >= 0.3 is 5.97 Å². The average Bonchev–Trinajstić information content (AvgIpc) is 2.37. The van der Waals surface area contributed by atoms with Crippen LogP contribution in [-0.2, 0) is 14.3 Å². The Labute approximate surface area is 101 Å². The first kappa shape index (κ1) is 11.8. The number of rotatable bonds is 4. The van der Waals surface area contributed by atoms with Crippen LogP contribution in [-0.4, -0.2) is 25.7 Å². The van der Waals surface area contributed by atoms with Crippen LogP contribution in [0.3, 0.4) is 0 Å². The summed E-state index contributed by atoms with van der Waals surface area (Å²) in [6.45, 7) is 0.879. The Morgan fingerprint density at radius 2 is 2.47 bits per heavy atom. The van der Waals surface area contributed by atoms with Crippen molar-refractivity contribution in [1.82, 2.24) is 5.32 Å². The summed E-state index contributed by atoms with van der Waals surface area (Å²) in [5.74, 6) is 0.413. The van der Waals surface area contributed by atoms with E-state index in [9.17, 15) is 4.79 Å². The van der Waals surface area contributed by atoms with E-state index in [1.165, 1.54) is 11.6 Å². The predicted molar refractivity (Wildman–Crippen MR) is 64.0 cm³/mol. The van der Waals surface area contributed by atoms with Crippen LogP contribution in [0.5, 0.6) is 0 Å². The first-order valence-corrected chi connectivity index (χ1v) is 5.81. The molecule has 2 rings (SSSR count). The SMILES string of the molecule is COC1=CC(=O)OC(CCC2=CC=CNC2)C1. The zero-order chi connectivity index (χ0) is 12.1. The summed E-state index contributed by atoms with van der Waals surface area (Å²) in [7, 11) is 1.58. The first-order valence-electron chi connectivity index (χ1n) is 5.81. The van der Waals surface area contributed by atoms with Crippen molar-refractivity contribution in [3.05, 3.63) is 35.8 Å². The number of methoxy groups -OCH3 is 1. The van der Waals surface area contributed by atoms with Crippen LogP contribution < -0.4 is 5.32 Å². The third-order valence-corrected chi connectivity index (χ3v) is 2.92. The van der Waals surface area contributed by atoms with E-state index >= 15 is 0 Å². The molecule has 0 saturated carbocycles. The van der Waals surface area contributed by atoms with Gasteiger partial charge in [0.1, 0.15) is 11.9 Å². The van der Waals surface area contributed by atoms with E-state index < -0.39 is 0 Å². The molecule has 0 bridgehead atoms. The minimum atomic E-state index is -0.297. The summed E-state index contributed by atoms with van der Waals surface area (Å²) in [6, 6.07) is 0. The molecule has 0 saturated heterocycles. The molecule has 0 aliphatic carbocycles. The van der Waals surface area contributed by atoms with Crippen LogP contribution in [0, 0.1) is 0 Å². The first-order chi connectivity index (χ1) is 8.28. The van der Waals surface area contributed by atoms with Crippen LogP contribution in [0.25, 0.3) is 0 Å². The van der Waals surface area contributed by atoms with Crippen LogP contribution in [0.15, 0.2) is 35.8 Å². The maximum atomic E-state index is 11.3. The fourth-order valence-electron chi connectivity index (χ4n) is 1.98. The fraction of sp³-hybridized carbons (Fsp3) is 0.462. The van der Waals surface area contributed by atoms with Gasteiger partial charge in [-0.3, -0.25) is 0 Å². The third kappa shape index (κ3) is 3.37. The van der Waals surface area contributed by atoms with E-state index in [0.29, 0.717) is 12.2 Å². The number of esters is 1. The molecule has 2 aliphatic rings. The summed E-state index contributed by atoms with van der Waals surface area (Å²) < 4.78 is 10.4. The molecular formula is C13H17NO3. The zero-order valence-corrected chi connectivity index (χ0v) is 9.94. The van der Waals surface area contributed by atoms with Crippen LogP contribution in [0.2, 0.25) is 0 Å². The lowest BCUT2D eigenvalue weighted by atomic mass is 10.0. The number of nitrogens with one attached hydrogen (secondary N) is 1. The second kappa shape index (κ2) is 5.57. The van der Waals surface area contributed by atoms with Crippen LogP contribution in [0.1, 0.15) is 19.3 Å². The minimum absolute atomic E-state index is 0.0609. The number of carbonyl (C=O) groups excluding carboxylic acids is 1. The van der Waals surface area contributed by atoms with Gasteiger partial charge in [0, 0.05) is 13.0 Å². The molecular weight excluding hydrogens is 218 g/mol. The smallest absolute Gasteiger partial charge is 0.334 e. The van der Waals surface area contributed by atoms with E-state index in [0.717, 1.165) is 19.4 Å². The molecule has 2 aliphatic heterocycles. The normalized spacial score (nSPS) is 23.4. The Balaban J connectivity index is 1.84. The number of hydrogen-bond donors (Lipinski definition) is 1. The monoisotopic (exact) mass is 235 g/mol. The highest BCUT2D eigenvalue weighted by Crippen LogP contribution is 2.21. The maximum absolute atomic E-state index is 11.3. The molecule has 0 aromatic carbocycles. The molecule has 4 heteroatoms. The third-order valence-electron chi connectivity index (χ3n) is 2.92. The lowest BCUT2D eigenvalue weighted by Gasteiger charge is -2.23. The highest BCUT2D eigenvalue weighted by molar-refractivity contribution is 5.83. The van der Waals surface area contributed by atoms with Gasteiger partial charge in [-0.25, -0.2) is 4.79 Å². The van der Waals surface area contributed by atoms with Gasteiger partial charge in [0.25, 0.3) is 0 Å². The van der Waals surface area contributed by atoms with E-state index in [2.05, 4.69) is 11.4 Å². The van der Waals surface area contributed by atoms with E-state index in [1.807, 2.05) is 12.3 Å². The maximum Gasteiger partial charge on any atom is 0.334 e. The standard InChI is InChI=1S/C13H17NO3/c1-16-12-7-11(17-13(15)8-12)5-4-10-3-2-6-14-9-10/h2-3,6,8,11,14H,4-5,7,9H2,1H3. The van der Waals surface area contributed by atoms with Gasteiger partial charge in [0.15, 0.2) is 0 Å². The number of carbonyl (C=O) groups is 1. The Bertz CT molecular complexity index is 382. The van der Waals surface area contributed by atoms with E-state index in [4.69, 9.17) is 9.47 Å². The predicted octanol–water partition coefficient (Wildman–Crippen LogP) is 1.66. The van der Waals surface area contributed by atoms with Gasteiger partial charge in [0.2, 0.25) is 0 Å². The van der Waals surface area contributed by atoms with Gasteiger partial charge in [0.05, 0.1) is 13.2 Å². The Morgan fingerprint density at radius 1 is 1.59 bits per heavy atom. The molecule has 0 radical (unpaired) electrons. The van der Waals surface area contributed by atoms with E-state index in [-0.39, 0.29) is 12.1 Å². The summed E-state index contributed by atoms with van der Waals surface area (Å²) in [4.78, 5) is 11.3. The molecule has 2 heterocycles. The lowest BCUT2D eigenvalue weighted by molar-refractivity contribution is -0.145. The fourth-order valence-corrected chi connectivity index (χ4v) is 1.98. The lowest BCUT2D eigenvalue weighted by Crippen LogP contribution is -2.24. The highest BCUT2D eigenvalue weighted by Gasteiger charge is 2.22. The van der Waals surface area contributed by atoms with Crippen LogP contribution in [0.4, 0.5) is 0 Å². The van der Waals surface area contributed by atoms with Gasteiger partial charge in [-0.15, -0.1) is 0 Å². The van der Waals surface area contributed by atoms with Crippen molar-refractivity contribution in [2.45, 2.75) is 25.4 Å². The summed E-state index contributed by atoms with van der Waals surface area (Å²) in [6.07, 6.45) is 9.84. The number of dihydropyridines is 1. The quantitative estimate of drug-likeness (QED) is 0.753. The average molecular weight is 235 g/mol. The second-order valence-electron chi connectivity index (χ2n) is 4.18. The number of allylic oxidation sites excluding steroid dienone is 2. The molecule has 1 N–H and O–H groups in total.